The van der Waals surface area contributed by atoms with Gasteiger partial charge < -0.3 is 10.1 Å². The molecule has 0 unspecified atom stereocenters. The van der Waals surface area contributed by atoms with Crippen LogP contribution in [0.3, 0.4) is 0 Å². The van der Waals surface area contributed by atoms with Crippen LogP contribution in [0.2, 0.25) is 0 Å². The van der Waals surface area contributed by atoms with E-state index in [0.717, 1.165) is 16.6 Å². The molecule has 6 nitrogen and oxygen atoms in total. The lowest BCUT2D eigenvalue weighted by Gasteiger charge is -2.28. The van der Waals surface area contributed by atoms with Gasteiger partial charge in [0.05, 0.1) is 17.6 Å². The third-order valence-electron chi connectivity index (χ3n) is 4.27. The van der Waals surface area contributed by atoms with E-state index in [1.165, 1.54) is 25.1 Å². The van der Waals surface area contributed by atoms with Crippen molar-refractivity contribution in [3.05, 3.63) is 84.7 Å². The molecule has 0 saturated heterocycles. The van der Waals surface area contributed by atoms with E-state index < -0.39 is 27.8 Å². The quantitative estimate of drug-likeness (QED) is 0.605. The summed E-state index contributed by atoms with van der Waals surface area (Å²) >= 11 is 0. The maximum absolute atomic E-state index is 13.6. The van der Waals surface area contributed by atoms with Crippen molar-refractivity contribution in [2.24, 2.45) is 0 Å². The molecule has 0 aliphatic rings. The van der Waals surface area contributed by atoms with E-state index in [1.54, 1.807) is 36.4 Å². The second kappa shape index (κ2) is 8.96. The Hall–Kier alpha value is -3.39. The second-order valence-electron chi connectivity index (χ2n) is 6.62. The number of hydrogen-bond acceptors (Lipinski definition) is 4. The number of nitrogens with zero attached hydrogens (tertiary/aromatic N) is 1. The van der Waals surface area contributed by atoms with Crippen molar-refractivity contribution in [2.45, 2.75) is 13.0 Å². The minimum absolute atomic E-state index is 0.0639. The zero-order valence-electron chi connectivity index (χ0n) is 16.4. The largest absolute Gasteiger partial charge is 0.455 e. The monoisotopic (exact) mass is 428 g/mol. The van der Waals surface area contributed by atoms with Gasteiger partial charge >= 0.3 is 0 Å². The lowest BCUT2D eigenvalue weighted by atomic mass is 10.2. The molecule has 3 aromatic carbocycles. The highest BCUT2D eigenvalue weighted by Gasteiger charge is 2.29. The van der Waals surface area contributed by atoms with Crippen LogP contribution in [0.25, 0.3) is 0 Å². The van der Waals surface area contributed by atoms with E-state index in [9.17, 15) is 17.6 Å². The first-order chi connectivity index (χ1) is 14.3. The standard InChI is InChI=1S/C22H21FN2O4S/c1-16(25(30(2,27)28)18-10-8-9-17(23)15-18)22(26)24-20-13-6-7-14-21(20)29-19-11-4-3-5-12-19/h3-16H,1-2H3,(H,24,26)/t16-/m1/s1. The number of benzene rings is 3. The van der Waals surface area contributed by atoms with E-state index in [2.05, 4.69) is 5.32 Å². The summed E-state index contributed by atoms with van der Waals surface area (Å²) in [6.45, 7) is 1.43. The lowest BCUT2D eigenvalue weighted by Crippen LogP contribution is -2.45. The Morgan fingerprint density at radius 2 is 1.67 bits per heavy atom. The molecule has 3 rings (SSSR count). The topological polar surface area (TPSA) is 75.7 Å². The van der Waals surface area contributed by atoms with Gasteiger partial charge in [-0.2, -0.15) is 0 Å². The van der Waals surface area contributed by atoms with E-state index >= 15 is 0 Å². The first-order valence-electron chi connectivity index (χ1n) is 9.13. The minimum Gasteiger partial charge on any atom is -0.455 e. The molecule has 156 valence electrons. The lowest BCUT2D eigenvalue weighted by molar-refractivity contribution is -0.116. The molecule has 1 N–H and O–H groups in total. The van der Waals surface area contributed by atoms with Crippen molar-refractivity contribution in [1.82, 2.24) is 0 Å². The second-order valence-corrected chi connectivity index (χ2v) is 8.47. The predicted octanol–water partition coefficient (Wildman–Crippen LogP) is 4.41. The Morgan fingerprint density at radius 1 is 1.00 bits per heavy atom. The summed E-state index contributed by atoms with van der Waals surface area (Å²) in [4.78, 5) is 12.9. The molecular formula is C22H21FN2O4S. The van der Waals surface area contributed by atoms with Crippen molar-refractivity contribution in [1.29, 1.82) is 0 Å². The SMILES string of the molecule is C[C@H](C(=O)Nc1ccccc1Oc1ccccc1)N(c1cccc(F)c1)S(C)(=O)=O. The number of anilines is 2. The molecule has 0 radical (unpaired) electrons. The number of ether oxygens (including phenoxy) is 1. The number of sulfonamides is 1. The highest BCUT2D eigenvalue weighted by molar-refractivity contribution is 7.92. The number of halogens is 1. The maximum Gasteiger partial charge on any atom is 0.248 e. The molecule has 0 spiro atoms. The highest BCUT2D eigenvalue weighted by atomic mass is 32.2. The minimum atomic E-state index is -3.86. The van der Waals surface area contributed by atoms with Crippen LogP contribution >= 0.6 is 0 Å². The number of carbonyl (C=O) groups is 1. The third-order valence-corrected chi connectivity index (χ3v) is 5.51. The molecule has 0 fully saturated rings. The van der Waals surface area contributed by atoms with Gasteiger partial charge in [0.1, 0.15) is 17.6 Å². The van der Waals surface area contributed by atoms with Crippen LogP contribution < -0.4 is 14.4 Å². The number of amides is 1. The summed E-state index contributed by atoms with van der Waals surface area (Å²) in [5, 5.41) is 2.70. The molecule has 0 aliphatic carbocycles. The zero-order valence-corrected chi connectivity index (χ0v) is 17.3. The molecule has 0 saturated carbocycles. The van der Waals surface area contributed by atoms with Crippen LogP contribution in [-0.4, -0.2) is 26.6 Å². The molecule has 0 heterocycles. The number of carbonyl (C=O) groups excluding carboxylic acids is 1. The number of rotatable bonds is 7. The Kier molecular flexibility index (Phi) is 6.37. The average Bonchev–Trinajstić information content (AvgIpc) is 2.69. The van der Waals surface area contributed by atoms with Crippen LogP contribution in [0.5, 0.6) is 11.5 Å². The molecule has 0 bridgehead atoms. The van der Waals surface area contributed by atoms with Gasteiger partial charge in [-0.1, -0.05) is 36.4 Å². The van der Waals surface area contributed by atoms with Crippen molar-refractivity contribution >= 4 is 27.3 Å². The third kappa shape index (κ3) is 5.15. The Labute approximate surface area is 175 Å². The maximum atomic E-state index is 13.6. The van der Waals surface area contributed by atoms with Crippen molar-refractivity contribution in [2.75, 3.05) is 15.9 Å². The van der Waals surface area contributed by atoms with Crippen molar-refractivity contribution in [3.8, 4) is 11.5 Å². The molecular weight excluding hydrogens is 407 g/mol. The number of hydrogen-bond donors (Lipinski definition) is 1. The molecule has 1 atom stereocenters. The summed E-state index contributed by atoms with van der Waals surface area (Å²) in [7, 11) is -3.86. The highest BCUT2D eigenvalue weighted by Crippen LogP contribution is 2.30. The van der Waals surface area contributed by atoms with E-state index in [0.29, 0.717) is 17.2 Å². The fourth-order valence-electron chi connectivity index (χ4n) is 2.93. The van der Waals surface area contributed by atoms with Crippen LogP contribution in [0.1, 0.15) is 6.92 Å². The van der Waals surface area contributed by atoms with Gasteiger partial charge in [0, 0.05) is 0 Å². The zero-order chi connectivity index (χ0) is 21.7. The molecule has 30 heavy (non-hydrogen) atoms. The Balaban J connectivity index is 1.86. The van der Waals surface area contributed by atoms with Gasteiger partial charge in [-0.3, -0.25) is 9.10 Å². The first kappa shape index (κ1) is 21.3. The smallest absolute Gasteiger partial charge is 0.248 e. The van der Waals surface area contributed by atoms with Crippen molar-refractivity contribution < 1.29 is 22.3 Å². The van der Waals surface area contributed by atoms with Crippen molar-refractivity contribution in [3.63, 3.8) is 0 Å². The first-order valence-corrected chi connectivity index (χ1v) is 11.0. The van der Waals surface area contributed by atoms with E-state index in [-0.39, 0.29) is 5.69 Å². The summed E-state index contributed by atoms with van der Waals surface area (Å²) in [6, 6.07) is 19.8. The molecule has 0 aliphatic heterocycles. The van der Waals surface area contributed by atoms with Crippen LogP contribution in [0.15, 0.2) is 78.9 Å². The van der Waals surface area contributed by atoms with Gasteiger partial charge in [-0.25, -0.2) is 12.8 Å². The van der Waals surface area contributed by atoms with E-state index in [4.69, 9.17) is 4.74 Å². The molecule has 1 amide bonds. The Morgan fingerprint density at radius 3 is 2.33 bits per heavy atom. The summed E-state index contributed by atoms with van der Waals surface area (Å²) in [5.74, 6) is -0.199. The van der Waals surface area contributed by atoms with Crippen LogP contribution in [0, 0.1) is 5.82 Å². The van der Waals surface area contributed by atoms with Gasteiger partial charge in [0.2, 0.25) is 15.9 Å². The summed E-state index contributed by atoms with van der Waals surface area (Å²) in [5.41, 5.74) is 0.444. The van der Waals surface area contributed by atoms with Gasteiger partial charge in [0.25, 0.3) is 0 Å². The summed E-state index contributed by atoms with van der Waals surface area (Å²) < 4.78 is 45.0. The predicted molar refractivity (Wildman–Crippen MR) is 115 cm³/mol. The number of para-hydroxylation sites is 3. The molecule has 0 aromatic heterocycles. The number of nitrogens with one attached hydrogen (secondary N) is 1. The van der Waals surface area contributed by atoms with Gasteiger partial charge in [-0.15, -0.1) is 0 Å². The molecule has 3 aromatic rings. The Bertz CT molecular complexity index is 1140. The van der Waals surface area contributed by atoms with Crippen LogP contribution in [-0.2, 0) is 14.8 Å². The normalized spacial score (nSPS) is 12.1. The summed E-state index contributed by atoms with van der Waals surface area (Å²) in [6.07, 6.45) is 0.966. The molecule has 8 heteroatoms. The average molecular weight is 428 g/mol. The van der Waals surface area contributed by atoms with E-state index in [1.807, 2.05) is 18.2 Å². The fraction of sp³-hybridized carbons (Fsp3) is 0.136. The van der Waals surface area contributed by atoms with Crippen LogP contribution in [0.4, 0.5) is 15.8 Å². The fourth-order valence-corrected chi connectivity index (χ4v) is 4.10. The van der Waals surface area contributed by atoms with Gasteiger partial charge in [0.15, 0.2) is 5.75 Å². The van der Waals surface area contributed by atoms with Gasteiger partial charge in [-0.05, 0) is 49.4 Å².